The van der Waals surface area contributed by atoms with Crippen LogP contribution in [0.5, 0.6) is 0 Å². The largest absolute Gasteiger partial charge is 0.228 e. The Hall–Kier alpha value is -1.23. The third-order valence-corrected chi connectivity index (χ3v) is 3.97. The van der Waals surface area contributed by atoms with E-state index in [-0.39, 0.29) is 5.02 Å². The predicted octanol–water partition coefficient (Wildman–Crippen LogP) is 5.51. The molecular weight excluding hydrogens is 366 g/mol. The fourth-order valence-corrected chi connectivity index (χ4v) is 2.66. The van der Waals surface area contributed by atoms with Crippen LogP contribution in [0, 0.1) is 5.82 Å². The minimum absolute atomic E-state index is 0.0158. The zero-order valence-electron chi connectivity index (χ0n) is 9.87. The summed E-state index contributed by atoms with van der Waals surface area (Å²) in [7, 11) is 0. The molecule has 2 nitrogen and oxygen atoms in total. The van der Waals surface area contributed by atoms with E-state index in [1.165, 1.54) is 6.07 Å². The zero-order chi connectivity index (χ0) is 14.3. The van der Waals surface area contributed by atoms with Gasteiger partial charge >= 0.3 is 0 Å². The van der Waals surface area contributed by atoms with Crippen LogP contribution < -0.4 is 0 Å². The maximum atomic E-state index is 13.5. The van der Waals surface area contributed by atoms with E-state index in [0.29, 0.717) is 22.1 Å². The number of benzene rings is 2. The lowest BCUT2D eigenvalue weighted by atomic mass is 10.2. The Bertz CT molecular complexity index is 824. The van der Waals surface area contributed by atoms with Crippen molar-refractivity contribution in [1.82, 2.24) is 9.97 Å². The topological polar surface area (TPSA) is 25.8 Å². The van der Waals surface area contributed by atoms with Crippen LogP contribution >= 0.6 is 39.1 Å². The number of hydrogen-bond donors (Lipinski definition) is 0. The van der Waals surface area contributed by atoms with Crippen LogP contribution in [0.1, 0.15) is 0 Å². The molecule has 20 heavy (non-hydrogen) atoms. The molecule has 0 spiro atoms. The van der Waals surface area contributed by atoms with Crippen molar-refractivity contribution in [2.45, 2.75) is 0 Å². The van der Waals surface area contributed by atoms with Gasteiger partial charge in [-0.2, -0.15) is 0 Å². The fourth-order valence-electron chi connectivity index (χ4n) is 1.86. The number of nitrogens with zero attached hydrogens (tertiary/aromatic N) is 2. The predicted molar refractivity (Wildman–Crippen MR) is 82.7 cm³/mol. The molecule has 0 saturated heterocycles. The summed E-state index contributed by atoms with van der Waals surface area (Å²) in [4.78, 5) is 8.58. The first-order valence-electron chi connectivity index (χ1n) is 5.63. The first kappa shape index (κ1) is 13.7. The molecular formula is C14H6BrCl2FN2. The summed E-state index contributed by atoms with van der Waals surface area (Å²) in [6, 6.07) is 9.98. The maximum Gasteiger partial charge on any atom is 0.163 e. The van der Waals surface area contributed by atoms with Gasteiger partial charge in [0, 0.05) is 15.4 Å². The van der Waals surface area contributed by atoms with Gasteiger partial charge in [0.2, 0.25) is 0 Å². The van der Waals surface area contributed by atoms with Crippen molar-refractivity contribution < 1.29 is 4.39 Å². The van der Waals surface area contributed by atoms with Crippen LogP contribution in [0.4, 0.5) is 4.39 Å². The Morgan fingerprint density at radius 1 is 1.05 bits per heavy atom. The van der Waals surface area contributed by atoms with E-state index in [4.69, 9.17) is 23.2 Å². The van der Waals surface area contributed by atoms with Crippen molar-refractivity contribution in [3.8, 4) is 11.4 Å². The number of halogens is 4. The van der Waals surface area contributed by atoms with Crippen molar-refractivity contribution in [3.05, 3.63) is 56.9 Å². The van der Waals surface area contributed by atoms with E-state index in [9.17, 15) is 4.39 Å². The molecule has 0 amide bonds. The summed E-state index contributed by atoms with van der Waals surface area (Å²) in [6.45, 7) is 0. The highest BCUT2D eigenvalue weighted by Gasteiger charge is 2.13. The second kappa shape index (κ2) is 5.28. The molecule has 0 bridgehead atoms. The lowest BCUT2D eigenvalue weighted by molar-refractivity contribution is 0.628. The molecule has 0 radical (unpaired) electrons. The van der Waals surface area contributed by atoms with E-state index in [0.717, 1.165) is 9.86 Å². The summed E-state index contributed by atoms with van der Waals surface area (Å²) in [6.07, 6.45) is 0. The van der Waals surface area contributed by atoms with E-state index in [2.05, 4.69) is 25.9 Å². The standard InChI is InChI=1S/C14H6BrCl2FN2/c15-7-4-5-8-11(6-7)19-14(20-13(8)17)9-2-1-3-10(18)12(9)16/h1-6H. The Morgan fingerprint density at radius 2 is 1.85 bits per heavy atom. The van der Waals surface area contributed by atoms with Gasteiger partial charge < -0.3 is 0 Å². The van der Waals surface area contributed by atoms with Crippen LogP contribution in [0.15, 0.2) is 40.9 Å². The molecule has 3 aromatic rings. The molecule has 0 aliphatic heterocycles. The summed E-state index contributed by atoms with van der Waals surface area (Å²) >= 11 is 15.5. The van der Waals surface area contributed by atoms with Gasteiger partial charge in [0.15, 0.2) is 5.82 Å². The summed E-state index contributed by atoms with van der Waals surface area (Å²) < 4.78 is 14.4. The quantitative estimate of drug-likeness (QED) is 0.527. The minimum Gasteiger partial charge on any atom is -0.228 e. The Morgan fingerprint density at radius 3 is 2.65 bits per heavy atom. The van der Waals surface area contributed by atoms with E-state index in [1.54, 1.807) is 12.1 Å². The summed E-state index contributed by atoms with van der Waals surface area (Å²) in [5.41, 5.74) is 1.07. The monoisotopic (exact) mass is 370 g/mol. The van der Waals surface area contributed by atoms with Gasteiger partial charge in [0.25, 0.3) is 0 Å². The second-order valence-corrected chi connectivity index (χ2v) is 5.75. The number of hydrogen-bond acceptors (Lipinski definition) is 2. The highest BCUT2D eigenvalue weighted by atomic mass is 79.9. The molecule has 0 atom stereocenters. The number of aromatic nitrogens is 2. The average Bonchev–Trinajstić information content (AvgIpc) is 2.41. The normalized spacial score (nSPS) is 11.0. The molecule has 1 aromatic heterocycles. The average molecular weight is 372 g/mol. The molecule has 6 heteroatoms. The first-order chi connectivity index (χ1) is 9.56. The van der Waals surface area contributed by atoms with Gasteiger partial charge in [-0.25, -0.2) is 14.4 Å². The van der Waals surface area contributed by atoms with Gasteiger partial charge in [-0.05, 0) is 30.3 Å². The summed E-state index contributed by atoms with van der Waals surface area (Å²) in [5.74, 6) is -0.219. The van der Waals surface area contributed by atoms with E-state index >= 15 is 0 Å². The van der Waals surface area contributed by atoms with Gasteiger partial charge in [-0.15, -0.1) is 0 Å². The lowest BCUT2D eigenvalue weighted by Crippen LogP contribution is -1.93. The van der Waals surface area contributed by atoms with Gasteiger partial charge in [0.1, 0.15) is 11.0 Å². The smallest absolute Gasteiger partial charge is 0.163 e. The molecule has 0 N–H and O–H groups in total. The van der Waals surface area contributed by atoms with E-state index in [1.807, 2.05) is 18.2 Å². The zero-order valence-corrected chi connectivity index (χ0v) is 13.0. The van der Waals surface area contributed by atoms with Gasteiger partial charge in [-0.1, -0.05) is 45.2 Å². The Labute approximate surface area is 132 Å². The lowest BCUT2D eigenvalue weighted by Gasteiger charge is -2.07. The van der Waals surface area contributed by atoms with E-state index < -0.39 is 5.82 Å². The highest BCUT2D eigenvalue weighted by molar-refractivity contribution is 9.10. The number of rotatable bonds is 1. The summed E-state index contributed by atoms with van der Waals surface area (Å²) in [5, 5.41) is 1.02. The molecule has 1 heterocycles. The van der Waals surface area contributed by atoms with Crippen molar-refractivity contribution in [3.63, 3.8) is 0 Å². The minimum atomic E-state index is -0.516. The van der Waals surface area contributed by atoms with Gasteiger partial charge in [0.05, 0.1) is 10.5 Å². The highest BCUT2D eigenvalue weighted by Crippen LogP contribution is 2.31. The first-order valence-corrected chi connectivity index (χ1v) is 7.18. The maximum absolute atomic E-state index is 13.5. The molecule has 0 aliphatic carbocycles. The van der Waals surface area contributed by atoms with Crippen molar-refractivity contribution in [1.29, 1.82) is 0 Å². The Kier molecular flexibility index (Phi) is 3.63. The molecule has 0 aliphatic rings. The number of fused-ring (bicyclic) bond motifs is 1. The molecule has 100 valence electrons. The molecule has 0 unspecified atom stereocenters. The van der Waals surface area contributed by atoms with Gasteiger partial charge in [-0.3, -0.25) is 0 Å². The van der Waals surface area contributed by atoms with Crippen LogP contribution in [0.3, 0.4) is 0 Å². The molecule has 0 saturated carbocycles. The van der Waals surface area contributed by atoms with Crippen molar-refractivity contribution >= 4 is 50.0 Å². The third-order valence-electron chi connectivity index (χ3n) is 2.80. The van der Waals surface area contributed by atoms with Crippen molar-refractivity contribution in [2.75, 3.05) is 0 Å². The Balaban J connectivity index is 2.29. The van der Waals surface area contributed by atoms with Crippen molar-refractivity contribution in [2.24, 2.45) is 0 Å². The molecule has 2 aromatic carbocycles. The fraction of sp³-hybridized carbons (Fsp3) is 0. The molecule has 3 rings (SSSR count). The van der Waals surface area contributed by atoms with Crippen LogP contribution in [-0.2, 0) is 0 Å². The second-order valence-electron chi connectivity index (χ2n) is 4.10. The van der Waals surface area contributed by atoms with Crippen LogP contribution in [-0.4, -0.2) is 9.97 Å². The third kappa shape index (κ3) is 2.39. The SMILES string of the molecule is Fc1cccc(-c2nc(Cl)c3ccc(Br)cc3n2)c1Cl. The molecule has 0 fully saturated rings. The van der Waals surface area contributed by atoms with Crippen LogP contribution in [0.25, 0.3) is 22.3 Å². The van der Waals surface area contributed by atoms with Crippen LogP contribution in [0.2, 0.25) is 10.2 Å².